The Labute approximate surface area is 104 Å². The van der Waals surface area contributed by atoms with Gasteiger partial charge in [-0.1, -0.05) is 11.6 Å². The number of nitrogens with zero attached hydrogens (tertiary/aromatic N) is 4. The average Bonchev–Trinajstić information content (AvgIpc) is 2.76. The Bertz CT molecular complexity index is 495. The second-order valence-corrected chi connectivity index (χ2v) is 4.41. The Kier molecular flexibility index (Phi) is 3.75. The maximum atomic E-state index is 5.88. The third-order valence-corrected chi connectivity index (χ3v) is 2.64. The van der Waals surface area contributed by atoms with Crippen molar-refractivity contribution in [1.82, 2.24) is 25.1 Å². The largest absolute Gasteiger partial charge is 0.367 e. The molecule has 92 valence electrons. The van der Waals surface area contributed by atoms with Crippen LogP contribution in [0.1, 0.15) is 6.42 Å². The molecule has 0 amide bonds. The second kappa shape index (κ2) is 5.29. The van der Waals surface area contributed by atoms with E-state index in [-0.39, 0.29) is 0 Å². The van der Waals surface area contributed by atoms with Gasteiger partial charge in [0.2, 0.25) is 0 Å². The number of aromatic amines is 1. The summed E-state index contributed by atoms with van der Waals surface area (Å²) in [6.45, 7) is 1.86. The van der Waals surface area contributed by atoms with Gasteiger partial charge in [-0.05, 0) is 27.1 Å². The molecule has 0 atom stereocenters. The minimum atomic E-state index is 0.320. The molecule has 0 spiro atoms. The molecule has 2 heterocycles. The first-order chi connectivity index (χ1) is 8.18. The highest BCUT2D eigenvalue weighted by Crippen LogP contribution is 2.21. The van der Waals surface area contributed by atoms with Crippen molar-refractivity contribution in [2.75, 3.05) is 32.5 Å². The first kappa shape index (κ1) is 12.1. The fourth-order valence-corrected chi connectivity index (χ4v) is 1.73. The molecule has 0 saturated carbocycles. The molecule has 0 bridgehead atoms. The summed E-state index contributed by atoms with van der Waals surface area (Å²) in [5, 5.41) is 11.4. The van der Waals surface area contributed by atoms with Crippen molar-refractivity contribution < 1.29 is 0 Å². The summed E-state index contributed by atoms with van der Waals surface area (Å²) < 4.78 is 0. The zero-order valence-electron chi connectivity index (χ0n) is 9.87. The Balaban J connectivity index is 2.04. The summed E-state index contributed by atoms with van der Waals surface area (Å²) in [5.41, 5.74) is 1.45. The van der Waals surface area contributed by atoms with Gasteiger partial charge < -0.3 is 15.2 Å². The van der Waals surface area contributed by atoms with Crippen LogP contribution in [0.15, 0.2) is 6.33 Å². The summed E-state index contributed by atoms with van der Waals surface area (Å²) in [6.07, 6.45) is 2.62. The maximum Gasteiger partial charge on any atom is 0.179 e. The molecule has 0 radical (unpaired) electrons. The van der Waals surface area contributed by atoms with Crippen molar-refractivity contribution in [1.29, 1.82) is 0 Å². The van der Waals surface area contributed by atoms with Crippen molar-refractivity contribution in [3.8, 4) is 0 Å². The number of halogens is 1. The van der Waals surface area contributed by atoms with Crippen molar-refractivity contribution in [2.45, 2.75) is 6.42 Å². The van der Waals surface area contributed by atoms with Crippen LogP contribution >= 0.6 is 11.6 Å². The van der Waals surface area contributed by atoms with E-state index in [9.17, 15) is 0 Å². The second-order valence-electron chi connectivity index (χ2n) is 4.05. The number of H-pyrrole nitrogens is 1. The third kappa shape index (κ3) is 2.83. The van der Waals surface area contributed by atoms with E-state index in [1.54, 1.807) is 6.33 Å². The number of fused-ring (bicyclic) bond motifs is 1. The molecule has 0 aliphatic heterocycles. The Morgan fingerprint density at radius 3 is 3.00 bits per heavy atom. The number of hydrogen-bond acceptors (Lipinski definition) is 5. The van der Waals surface area contributed by atoms with Crippen molar-refractivity contribution in [2.24, 2.45) is 0 Å². The van der Waals surface area contributed by atoms with Gasteiger partial charge in [0.15, 0.2) is 11.0 Å². The van der Waals surface area contributed by atoms with E-state index in [1.807, 2.05) is 0 Å². The van der Waals surface area contributed by atoms with Crippen LogP contribution in [0.2, 0.25) is 5.15 Å². The maximum absolute atomic E-state index is 5.88. The van der Waals surface area contributed by atoms with Crippen LogP contribution in [0, 0.1) is 0 Å². The first-order valence-corrected chi connectivity index (χ1v) is 5.80. The number of aromatic nitrogens is 4. The smallest absolute Gasteiger partial charge is 0.179 e. The van der Waals surface area contributed by atoms with E-state index < -0.39 is 0 Å². The number of hydrogen-bond donors (Lipinski definition) is 2. The highest BCUT2D eigenvalue weighted by atomic mass is 35.5. The quantitative estimate of drug-likeness (QED) is 0.789. The summed E-state index contributed by atoms with van der Waals surface area (Å²) in [5.74, 6) is 0.695. The highest BCUT2D eigenvalue weighted by Gasteiger charge is 2.09. The predicted molar refractivity (Wildman–Crippen MR) is 68.4 cm³/mol. The zero-order chi connectivity index (χ0) is 12.3. The van der Waals surface area contributed by atoms with Gasteiger partial charge in [0, 0.05) is 6.54 Å². The van der Waals surface area contributed by atoms with E-state index in [2.05, 4.69) is 44.5 Å². The lowest BCUT2D eigenvalue weighted by atomic mass is 10.4. The SMILES string of the molecule is CN(C)CCCNc1nnc(Cl)c2nc[nH]c12. The highest BCUT2D eigenvalue weighted by molar-refractivity contribution is 6.33. The third-order valence-electron chi connectivity index (χ3n) is 2.38. The molecule has 0 saturated heterocycles. The molecule has 0 fully saturated rings. The molecule has 0 unspecified atom stereocenters. The molecule has 2 aromatic rings. The number of nitrogens with one attached hydrogen (secondary N) is 2. The normalized spacial score (nSPS) is 11.3. The predicted octanol–water partition coefficient (Wildman–Crippen LogP) is 1.37. The molecular formula is C10H15ClN6. The summed E-state index contributed by atoms with van der Waals surface area (Å²) in [7, 11) is 4.10. The zero-order valence-corrected chi connectivity index (χ0v) is 10.6. The molecule has 2 aromatic heterocycles. The molecular weight excluding hydrogens is 240 g/mol. The van der Waals surface area contributed by atoms with Crippen molar-refractivity contribution >= 4 is 28.5 Å². The van der Waals surface area contributed by atoms with Crippen molar-refractivity contribution in [3.05, 3.63) is 11.5 Å². The van der Waals surface area contributed by atoms with Crippen LogP contribution in [0.3, 0.4) is 0 Å². The molecule has 7 heteroatoms. The lowest BCUT2D eigenvalue weighted by Crippen LogP contribution is -2.16. The minimum Gasteiger partial charge on any atom is -0.367 e. The standard InChI is InChI=1S/C10H15ClN6/c1-17(2)5-3-4-12-10-8-7(13-6-14-8)9(11)15-16-10/h6H,3-5H2,1-2H3,(H,12,16)(H,13,14). The fourth-order valence-electron chi connectivity index (χ4n) is 1.55. The summed E-state index contributed by atoms with van der Waals surface area (Å²) >= 11 is 5.88. The number of anilines is 1. The Morgan fingerprint density at radius 1 is 1.41 bits per heavy atom. The van der Waals surface area contributed by atoms with Crippen LogP contribution in [-0.4, -0.2) is 52.3 Å². The van der Waals surface area contributed by atoms with E-state index in [4.69, 9.17) is 11.6 Å². The molecule has 6 nitrogen and oxygen atoms in total. The molecule has 17 heavy (non-hydrogen) atoms. The van der Waals surface area contributed by atoms with Crippen LogP contribution in [0.4, 0.5) is 5.82 Å². The van der Waals surface area contributed by atoms with Gasteiger partial charge in [-0.2, -0.15) is 0 Å². The first-order valence-electron chi connectivity index (χ1n) is 5.42. The Morgan fingerprint density at radius 2 is 2.24 bits per heavy atom. The van der Waals surface area contributed by atoms with E-state index in [1.165, 1.54) is 0 Å². The summed E-state index contributed by atoms with van der Waals surface area (Å²) in [4.78, 5) is 9.24. The molecule has 0 aromatic carbocycles. The molecule has 2 rings (SSSR count). The van der Waals surface area contributed by atoms with Gasteiger partial charge in [0.25, 0.3) is 0 Å². The topological polar surface area (TPSA) is 69.7 Å². The monoisotopic (exact) mass is 254 g/mol. The van der Waals surface area contributed by atoms with Crippen LogP contribution < -0.4 is 5.32 Å². The number of imidazole rings is 1. The fraction of sp³-hybridized carbons (Fsp3) is 0.500. The van der Waals surface area contributed by atoms with Gasteiger partial charge in [0.1, 0.15) is 11.0 Å². The van der Waals surface area contributed by atoms with Gasteiger partial charge in [-0.25, -0.2) is 4.98 Å². The van der Waals surface area contributed by atoms with Crippen LogP contribution in [-0.2, 0) is 0 Å². The molecule has 2 N–H and O–H groups in total. The Hall–Kier alpha value is -1.40. The van der Waals surface area contributed by atoms with Gasteiger partial charge in [-0.3, -0.25) is 0 Å². The average molecular weight is 255 g/mol. The summed E-state index contributed by atoms with van der Waals surface area (Å²) in [6, 6.07) is 0. The van der Waals surface area contributed by atoms with Gasteiger partial charge in [-0.15, -0.1) is 10.2 Å². The lowest BCUT2D eigenvalue weighted by molar-refractivity contribution is 0.405. The van der Waals surface area contributed by atoms with Gasteiger partial charge >= 0.3 is 0 Å². The minimum absolute atomic E-state index is 0.320. The van der Waals surface area contributed by atoms with E-state index in [0.29, 0.717) is 16.5 Å². The van der Waals surface area contributed by atoms with Crippen LogP contribution in [0.25, 0.3) is 11.0 Å². The van der Waals surface area contributed by atoms with Crippen molar-refractivity contribution in [3.63, 3.8) is 0 Å². The van der Waals surface area contributed by atoms with E-state index in [0.717, 1.165) is 25.0 Å². The van der Waals surface area contributed by atoms with E-state index >= 15 is 0 Å². The van der Waals surface area contributed by atoms with Crippen LogP contribution in [0.5, 0.6) is 0 Å². The molecule has 0 aliphatic rings. The number of rotatable bonds is 5. The molecule has 0 aliphatic carbocycles. The van der Waals surface area contributed by atoms with Gasteiger partial charge in [0.05, 0.1) is 6.33 Å². The lowest BCUT2D eigenvalue weighted by Gasteiger charge is -2.10.